The molecule has 2 unspecified atom stereocenters. The van der Waals surface area contributed by atoms with E-state index >= 15 is 0 Å². The van der Waals surface area contributed by atoms with Gasteiger partial charge in [0.25, 0.3) is 0 Å². The second-order valence-electron chi connectivity index (χ2n) is 7.74. The summed E-state index contributed by atoms with van der Waals surface area (Å²) in [7, 11) is 0. The quantitative estimate of drug-likeness (QED) is 0.636. The standard InChI is InChI=1S/C23H23N3O2/c27-26-21-6-4-16-12-17(3-5-19(16)21)20-13-22(18-2-1-9-25-14-18)28-23(20)15-7-10-24-11-8-15/h3,5,7-8,10-13,18,21,25H,1-2,4,6,9,14H2. The largest absolute Gasteiger partial charge is 0.460 e. The molecule has 1 aromatic carbocycles. The van der Waals surface area contributed by atoms with E-state index in [1.807, 2.05) is 12.1 Å². The Hall–Kier alpha value is -2.79. The average Bonchev–Trinajstić information content (AvgIpc) is 3.39. The number of hydrogen-bond donors (Lipinski definition) is 1. The number of fused-ring (bicyclic) bond motifs is 1. The molecule has 5 nitrogen and oxygen atoms in total. The lowest BCUT2D eigenvalue weighted by molar-refractivity contribution is 0.392. The topological polar surface area (TPSA) is 67.5 Å². The summed E-state index contributed by atoms with van der Waals surface area (Å²) in [5, 5.41) is 6.76. The van der Waals surface area contributed by atoms with Gasteiger partial charge in [-0.25, -0.2) is 0 Å². The van der Waals surface area contributed by atoms with Crippen molar-refractivity contribution in [2.45, 2.75) is 37.6 Å². The summed E-state index contributed by atoms with van der Waals surface area (Å²) >= 11 is 0. The number of piperidine rings is 1. The second-order valence-corrected chi connectivity index (χ2v) is 7.74. The summed E-state index contributed by atoms with van der Waals surface area (Å²) in [5.74, 6) is 2.34. The van der Waals surface area contributed by atoms with Gasteiger partial charge >= 0.3 is 0 Å². The van der Waals surface area contributed by atoms with Gasteiger partial charge in [-0.15, -0.1) is 0 Å². The number of furan rings is 1. The minimum atomic E-state index is -0.197. The van der Waals surface area contributed by atoms with Gasteiger partial charge in [0.05, 0.1) is 0 Å². The molecule has 1 saturated heterocycles. The maximum atomic E-state index is 11.1. The van der Waals surface area contributed by atoms with Gasteiger partial charge in [-0.05, 0) is 67.1 Å². The van der Waals surface area contributed by atoms with Crippen LogP contribution in [0.1, 0.15) is 48.1 Å². The number of nitrogens with zero attached hydrogens (tertiary/aromatic N) is 2. The lowest BCUT2D eigenvalue weighted by atomic mass is 9.94. The highest BCUT2D eigenvalue weighted by atomic mass is 16.3. The molecule has 3 aromatic rings. The van der Waals surface area contributed by atoms with Crippen LogP contribution in [0.3, 0.4) is 0 Å². The summed E-state index contributed by atoms with van der Waals surface area (Å²) in [6, 6.07) is 12.4. The first kappa shape index (κ1) is 17.3. The highest BCUT2D eigenvalue weighted by Crippen LogP contribution is 2.41. The molecule has 0 bridgehead atoms. The summed E-state index contributed by atoms with van der Waals surface area (Å²) < 4.78 is 6.42. The third kappa shape index (κ3) is 3.06. The Kier molecular flexibility index (Phi) is 4.53. The molecule has 2 aliphatic rings. The molecule has 2 aromatic heterocycles. The van der Waals surface area contributed by atoms with Crippen molar-refractivity contribution in [1.29, 1.82) is 0 Å². The molecular formula is C23H23N3O2. The van der Waals surface area contributed by atoms with Crippen LogP contribution in [0.2, 0.25) is 0 Å². The summed E-state index contributed by atoms with van der Waals surface area (Å²) in [5.41, 5.74) is 5.58. The number of aryl methyl sites for hydroxylation is 1. The number of pyridine rings is 1. The summed E-state index contributed by atoms with van der Waals surface area (Å²) in [4.78, 5) is 15.2. The number of benzene rings is 1. The van der Waals surface area contributed by atoms with Crippen LogP contribution < -0.4 is 5.32 Å². The number of aromatic nitrogens is 1. The van der Waals surface area contributed by atoms with Gasteiger partial charge in [0.15, 0.2) is 0 Å². The Balaban J connectivity index is 1.60. The normalized spacial score (nSPS) is 21.4. The van der Waals surface area contributed by atoms with Crippen LogP contribution >= 0.6 is 0 Å². The zero-order valence-electron chi connectivity index (χ0n) is 15.7. The van der Waals surface area contributed by atoms with Crippen LogP contribution in [0.15, 0.2) is 58.4 Å². The van der Waals surface area contributed by atoms with Gasteiger partial charge in [0.1, 0.15) is 17.6 Å². The molecule has 1 N–H and O–H groups in total. The second kappa shape index (κ2) is 7.32. The molecule has 0 amide bonds. The molecule has 142 valence electrons. The number of nitroso groups, excluding NO2 is 1. The van der Waals surface area contributed by atoms with Gasteiger partial charge in [-0.3, -0.25) is 4.98 Å². The molecule has 0 spiro atoms. The smallest absolute Gasteiger partial charge is 0.142 e. The van der Waals surface area contributed by atoms with Crippen LogP contribution in [0.5, 0.6) is 0 Å². The van der Waals surface area contributed by atoms with E-state index in [0.717, 1.165) is 66.1 Å². The van der Waals surface area contributed by atoms with Gasteiger partial charge in [-0.1, -0.05) is 23.4 Å². The molecule has 0 saturated carbocycles. The summed E-state index contributed by atoms with van der Waals surface area (Å²) in [6.45, 7) is 2.04. The summed E-state index contributed by atoms with van der Waals surface area (Å²) in [6.07, 6.45) is 7.63. The molecule has 1 fully saturated rings. The third-order valence-corrected chi connectivity index (χ3v) is 6.02. The third-order valence-electron chi connectivity index (χ3n) is 6.02. The average molecular weight is 373 g/mol. The number of rotatable bonds is 4. The van der Waals surface area contributed by atoms with E-state index in [9.17, 15) is 4.91 Å². The van der Waals surface area contributed by atoms with Gasteiger partial charge in [0, 0.05) is 36.0 Å². The van der Waals surface area contributed by atoms with E-state index < -0.39 is 0 Å². The number of nitrogens with one attached hydrogen (secondary N) is 1. The van der Waals surface area contributed by atoms with Crippen molar-refractivity contribution < 1.29 is 4.42 Å². The van der Waals surface area contributed by atoms with E-state index in [-0.39, 0.29) is 6.04 Å². The van der Waals surface area contributed by atoms with E-state index in [1.165, 1.54) is 12.0 Å². The fourth-order valence-corrected chi connectivity index (χ4v) is 4.51. The molecule has 1 aliphatic carbocycles. The van der Waals surface area contributed by atoms with Crippen molar-refractivity contribution >= 4 is 0 Å². The SMILES string of the molecule is O=NC1CCc2cc(-c3cc(C4CCCNC4)oc3-c3ccncc3)ccc21. The zero-order valence-corrected chi connectivity index (χ0v) is 15.7. The fraction of sp³-hybridized carbons (Fsp3) is 0.348. The predicted octanol–water partition coefficient (Wildman–Crippen LogP) is 5.23. The highest BCUT2D eigenvalue weighted by molar-refractivity contribution is 5.81. The van der Waals surface area contributed by atoms with Crippen molar-refractivity contribution in [1.82, 2.24) is 10.3 Å². The van der Waals surface area contributed by atoms with Gasteiger partial charge in [-0.2, -0.15) is 4.91 Å². The lowest BCUT2D eigenvalue weighted by Crippen LogP contribution is -2.28. The number of hydrogen-bond acceptors (Lipinski definition) is 5. The Morgan fingerprint density at radius 2 is 1.96 bits per heavy atom. The Morgan fingerprint density at radius 3 is 2.75 bits per heavy atom. The van der Waals surface area contributed by atoms with E-state index in [4.69, 9.17) is 4.42 Å². The minimum absolute atomic E-state index is 0.197. The maximum Gasteiger partial charge on any atom is 0.142 e. The van der Waals surface area contributed by atoms with Gasteiger partial charge in [0.2, 0.25) is 0 Å². The highest BCUT2D eigenvalue weighted by Gasteiger charge is 2.26. The Bertz CT molecular complexity index is 990. The van der Waals surface area contributed by atoms with Crippen LogP contribution in [-0.4, -0.2) is 18.1 Å². The van der Waals surface area contributed by atoms with E-state index in [1.54, 1.807) is 12.4 Å². The first-order valence-corrected chi connectivity index (χ1v) is 10.0. The van der Waals surface area contributed by atoms with Crippen molar-refractivity contribution in [2.24, 2.45) is 5.18 Å². The van der Waals surface area contributed by atoms with E-state index in [0.29, 0.717) is 5.92 Å². The van der Waals surface area contributed by atoms with E-state index in [2.05, 4.69) is 39.7 Å². The van der Waals surface area contributed by atoms with Crippen LogP contribution in [-0.2, 0) is 6.42 Å². The minimum Gasteiger partial charge on any atom is -0.460 e. The maximum absolute atomic E-state index is 11.1. The van der Waals surface area contributed by atoms with Crippen molar-refractivity contribution in [3.8, 4) is 22.5 Å². The first-order chi connectivity index (χ1) is 13.8. The monoisotopic (exact) mass is 373 g/mol. The Labute approximate surface area is 164 Å². The molecule has 3 heterocycles. The first-order valence-electron chi connectivity index (χ1n) is 10.0. The molecule has 2 atom stereocenters. The molecule has 5 rings (SSSR count). The fourth-order valence-electron chi connectivity index (χ4n) is 4.51. The molecule has 5 heteroatoms. The zero-order chi connectivity index (χ0) is 18.9. The van der Waals surface area contributed by atoms with Crippen molar-refractivity contribution in [2.75, 3.05) is 13.1 Å². The van der Waals surface area contributed by atoms with Crippen LogP contribution in [0, 0.1) is 4.91 Å². The van der Waals surface area contributed by atoms with Crippen molar-refractivity contribution in [3.63, 3.8) is 0 Å². The Morgan fingerprint density at radius 1 is 1.07 bits per heavy atom. The molecule has 1 aliphatic heterocycles. The van der Waals surface area contributed by atoms with Crippen LogP contribution in [0.4, 0.5) is 0 Å². The van der Waals surface area contributed by atoms with Crippen LogP contribution in [0.25, 0.3) is 22.5 Å². The molecule has 28 heavy (non-hydrogen) atoms. The lowest BCUT2D eigenvalue weighted by Gasteiger charge is -2.20. The molecule has 0 radical (unpaired) electrons. The molecular weight excluding hydrogens is 350 g/mol. The predicted molar refractivity (Wildman–Crippen MR) is 109 cm³/mol. The van der Waals surface area contributed by atoms with Gasteiger partial charge < -0.3 is 9.73 Å². The van der Waals surface area contributed by atoms with Crippen molar-refractivity contribution in [3.05, 3.63) is 70.6 Å².